The number of aliphatic hydroxyl groups is 2. The monoisotopic (exact) mass is 289 g/mol. The van der Waals surface area contributed by atoms with Crippen LogP contribution in [0.1, 0.15) is 18.4 Å². The summed E-state index contributed by atoms with van der Waals surface area (Å²) in [6.45, 7) is 2.42. The number of rotatable bonds is 6. The van der Waals surface area contributed by atoms with Gasteiger partial charge in [-0.1, -0.05) is 11.8 Å². The van der Waals surface area contributed by atoms with Gasteiger partial charge in [-0.25, -0.2) is 0 Å². The molecule has 4 heteroatoms. The lowest BCUT2D eigenvalue weighted by molar-refractivity contribution is 0.0269. The average molecular weight is 289 g/mol. The number of nitrogens with zero attached hydrogens (tertiary/aromatic N) is 1. The van der Waals surface area contributed by atoms with E-state index in [1.807, 2.05) is 24.3 Å². The van der Waals surface area contributed by atoms with E-state index in [2.05, 4.69) is 23.8 Å². The molecule has 0 aliphatic heterocycles. The molecule has 114 valence electrons. The summed E-state index contributed by atoms with van der Waals surface area (Å²) < 4.78 is 5.70. The van der Waals surface area contributed by atoms with Crippen LogP contribution in [0.3, 0.4) is 0 Å². The molecule has 0 atom stereocenters. The third-order valence-electron chi connectivity index (χ3n) is 3.69. The SMILES string of the molecule is CN(CCOc1ccc(C#CCO)cc1)CC1CC(O)C1. The van der Waals surface area contributed by atoms with E-state index >= 15 is 0 Å². The second kappa shape index (κ2) is 8.04. The van der Waals surface area contributed by atoms with E-state index in [0.717, 1.165) is 37.2 Å². The van der Waals surface area contributed by atoms with Gasteiger partial charge in [0.05, 0.1) is 6.10 Å². The zero-order valence-corrected chi connectivity index (χ0v) is 12.5. The minimum atomic E-state index is -0.122. The van der Waals surface area contributed by atoms with Gasteiger partial charge >= 0.3 is 0 Å². The molecule has 2 rings (SSSR count). The van der Waals surface area contributed by atoms with Crippen molar-refractivity contribution in [3.63, 3.8) is 0 Å². The third-order valence-corrected chi connectivity index (χ3v) is 3.69. The number of aliphatic hydroxyl groups excluding tert-OH is 2. The summed E-state index contributed by atoms with van der Waals surface area (Å²) in [6, 6.07) is 7.56. The van der Waals surface area contributed by atoms with E-state index < -0.39 is 0 Å². The fourth-order valence-corrected chi connectivity index (χ4v) is 2.48. The zero-order chi connectivity index (χ0) is 15.1. The molecule has 0 aromatic heterocycles. The zero-order valence-electron chi connectivity index (χ0n) is 12.5. The molecule has 1 saturated carbocycles. The van der Waals surface area contributed by atoms with Gasteiger partial charge in [0.15, 0.2) is 0 Å². The highest BCUT2D eigenvalue weighted by Crippen LogP contribution is 2.27. The summed E-state index contributed by atoms with van der Waals surface area (Å²) in [6.07, 6.45) is 1.79. The Morgan fingerprint density at radius 3 is 2.62 bits per heavy atom. The van der Waals surface area contributed by atoms with Gasteiger partial charge in [-0.05, 0) is 50.1 Å². The molecule has 0 unspecified atom stereocenters. The molecule has 0 heterocycles. The summed E-state index contributed by atoms with van der Waals surface area (Å²) >= 11 is 0. The smallest absolute Gasteiger partial charge is 0.119 e. The van der Waals surface area contributed by atoms with Crippen molar-refractivity contribution in [3.8, 4) is 17.6 Å². The fraction of sp³-hybridized carbons (Fsp3) is 0.529. The Labute approximate surface area is 126 Å². The van der Waals surface area contributed by atoms with Gasteiger partial charge in [0.1, 0.15) is 19.0 Å². The Bertz CT molecular complexity index is 483. The predicted molar refractivity (Wildman–Crippen MR) is 82.1 cm³/mol. The highest BCUT2D eigenvalue weighted by atomic mass is 16.5. The second-order valence-electron chi connectivity index (χ2n) is 5.59. The highest BCUT2D eigenvalue weighted by molar-refractivity contribution is 5.38. The molecule has 4 nitrogen and oxygen atoms in total. The van der Waals surface area contributed by atoms with E-state index in [9.17, 15) is 5.11 Å². The molecular formula is C17H23NO3. The highest BCUT2D eigenvalue weighted by Gasteiger charge is 2.27. The Hall–Kier alpha value is -1.54. The largest absolute Gasteiger partial charge is 0.492 e. The number of hydrogen-bond acceptors (Lipinski definition) is 4. The van der Waals surface area contributed by atoms with Crippen molar-refractivity contribution in [1.82, 2.24) is 4.90 Å². The van der Waals surface area contributed by atoms with E-state index in [0.29, 0.717) is 12.5 Å². The van der Waals surface area contributed by atoms with Crippen LogP contribution in [0.2, 0.25) is 0 Å². The maximum absolute atomic E-state index is 9.27. The first-order chi connectivity index (χ1) is 10.2. The van der Waals surface area contributed by atoms with Crippen molar-refractivity contribution in [2.24, 2.45) is 5.92 Å². The number of likely N-dealkylation sites (N-methyl/N-ethyl adjacent to an activating group) is 1. The van der Waals surface area contributed by atoms with Crippen LogP contribution >= 0.6 is 0 Å². The van der Waals surface area contributed by atoms with Crippen LogP contribution in [0.4, 0.5) is 0 Å². The lowest BCUT2D eigenvalue weighted by Crippen LogP contribution is -2.38. The molecular weight excluding hydrogens is 266 g/mol. The third kappa shape index (κ3) is 5.39. The summed E-state index contributed by atoms with van der Waals surface area (Å²) in [4.78, 5) is 2.25. The van der Waals surface area contributed by atoms with E-state index in [1.54, 1.807) is 0 Å². The van der Waals surface area contributed by atoms with E-state index in [-0.39, 0.29) is 12.7 Å². The fourth-order valence-electron chi connectivity index (χ4n) is 2.48. The van der Waals surface area contributed by atoms with Crippen LogP contribution in [-0.2, 0) is 0 Å². The molecule has 0 amide bonds. The molecule has 1 fully saturated rings. The van der Waals surface area contributed by atoms with Gasteiger partial charge in [0, 0.05) is 18.7 Å². The molecule has 1 aromatic carbocycles. The normalized spacial score (nSPS) is 20.6. The Morgan fingerprint density at radius 1 is 1.29 bits per heavy atom. The molecule has 1 aromatic rings. The Balaban J connectivity index is 1.65. The van der Waals surface area contributed by atoms with Gasteiger partial charge in [-0.15, -0.1) is 0 Å². The van der Waals surface area contributed by atoms with Crippen LogP contribution in [0.5, 0.6) is 5.75 Å². The molecule has 2 N–H and O–H groups in total. The number of hydrogen-bond donors (Lipinski definition) is 2. The quantitative estimate of drug-likeness (QED) is 0.770. The van der Waals surface area contributed by atoms with Crippen LogP contribution in [-0.4, -0.2) is 54.6 Å². The lowest BCUT2D eigenvalue weighted by Gasteiger charge is -2.34. The first-order valence-electron chi connectivity index (χ1n) is 7.36. The molecule has 1 aliphatic rings. The van der Waals surface area contributed by atoms with Crippen LogP contribution in [0.25, 0.3) is 0 Å². The first kappa shape index (κ1) is 15.8. The average Bonchev–Trinajstić information content (AvgIpc) is 2.45. The lowest BCUT2D eigenvalue weighted by atomic mass is 9.82. The molecule has 0 saturated heterocycles. The van der Waals surface area contributed by atoms with Crippen molar-refractivity contribution >= 4 is 0 Å². The number of ether oxygens (including phenoxy) is 1. The van der Waals surface area contributed by atoms with Gasteiger partial charge in [-0.3, -0.25) is 0 Å². The summed E-state index contributed by atoms with van der Waals surface area (Å²) in [5.41, 5.74) is 0.872. The van der Waals surface area contributed by atoms with Gasteiger partial charge in [0.25, 0.3) is 0 Å². The van der Waals surface area contributed by atoms with E-state index in [4.69, 9.17) is 9.84 Å². The minimum Gasteiger partial charge on any atom is -0.492 e. The van der Waals surface area contributed by atoms with Crippen LogP contribution in [0.15, 0.2) is 24.3 Å². The van der Waals surface area contributed by atoms with Crippen molar-refractivity contribution < 1.29 is 14.9 Å². The Morgan fingerprint density at radius 2 is 2.00 bits per heavy atom. The van der Waals surface area contributed by atoms with Crippen molar-refractivity contribution in [2.75, 3.05) is 33.4 Å². The molecule has 21 heavy (non-hydrogen) atoms. The van der Waals surface area contributed by atoms with Crippen LogP contribution < -0.4 is 4.74 Å². The van der Waals surface area contributed by atoms with Gasteiger partial charge < -0.3 is 19.8 Å². The van der Waals surface area contributed by atoms with Gasteiger partial charge in [0.2, 0.25) is 0 Å². The maximum atomic E-state index is 9.27. The van der Waals surface area contributed by atoms with Crippen molar-refractivity contribution in [1.29, 1.82) is 0 Å². The second-order valence-corrected chi connectivity index (χ2v) is 5.59. The molecule has 1 aliphatic carbocycles. The van der Waals surface area contributed by atoms with E-state index in [1.165, 1.54) is 0 Å². The standard InChI is InChI=1S/C17H23NO3/c1-18(13-15-11-16(20)12-15)8-10-21-17-6-4-14(5-7-17)3-2-9-19/h4-7,15-16,19-20H,8-13H2,1H3. The topological polar surface area (TPSA) is 52.9 Å². The summed E-state index contributed by atoms with van der Waals surface area (Å²) in [5.74, 6) is 6.93. The Kier molecular flexibility index (Phi) is 6.06. The van der Waals surface area contributed by atoms with Gasteiger partial charge in [-0.2, -0.15) is 0 Å². The van der Waals surface area contributed by atoms with Crippen molar-refractivity contribution in [3.05, 3.63) is 29.8 Å². The summed E-state index contributed by atoms with van der Waals surface area (Å²) in [5, 5.41) is 17.9. The number of benzene rings is 1. The maximum Gasteiger partial charge on any atom is 0.119 e. The summed E-state index contributed by atoms with van der Waals surface area (Å²) in [7, 11) is 2.08. The van der Waals surface area contributed by atoms with Crippen LogP contribution in [0, 0.1) is 17.8 Å². The predicted octanol–water partition coefficient (Wildman–Crippen LogP) is 1.11. The minimum absolute atomic E-state index is 0.0768. The molecule has 0 bridgehead atoms. The molecule has 0 spiro atoms. The first-order valence-corrected chi connectivity index (χ1v) is 7.36. The van der Waals surface area contributed by atoms with Crippen molar-refractivity contribution in [2.45, 2.75) is 18.9 Å². The molecule has 0 radical (unpaired) electrons.